The van der Waals surface area contributed by atoms with E-state index in [-0.39, 0.29) is 23.9 Å². The zero-order chi connectivity index (χ0) is 15.5. The third-order valence-corrected chi connectivity index (χ3v) is 3.58. The van der Waals surface area contributed by atoms with E-state index in [0.29, 0.717) is 12.8 Å². The van der Waals surface area contributed by atoms with Crippen molar-refractivity contribution in [2.75, 3.05) is 10.6 Å². The summed E-state index contributed by atoms with van der Waals surface area (Å²) in [5.41, 5.74) is 2.84. The summed E-state index contributed by atoms with van der Waals surface area (Å²) >= 11 is 0. The molecule has 112 valence electrons. The second kappa shape index (κ2) is 5.97. The van der Waals surface area contributed by atoms with E-state index in [1.54, 1.807) is 24.3 Å². The number of nitrogens with one attached hydrogen (secondary N) is 2. The third kappa shape index (κ3) is 3.14. The molecule has 1 heterocycles. The maximum Gasteiger partial charge on any atom is 0.228 e. The first-order chi connectivity index (χ1) is 10.6. The van der Waals surface area contributed by atoms with Crippen LogP contribution in [0.25, 0.3) is 0 Å². The minimum absolute atomic E-state index is 0.0116. The molecule has 0 saturated heterocycles. The van der Waals surface area contributed by atoms with Gasteiger partial charge in [-0.1, -0.05) is 24.3 Å². The molecule has 2 amide bonds. The second-order valence-electron chi connectivity index (χ2n) is 5.24. The van der Waals surface area contributed by atoms with E-state index in [2.05, 4.69) is 10.6 Å². The molecule has 4 nitrogen and oxygen atoms in total. The Morgan fingerprint density at radius 2 is 2.00 bits per heavy atom. The SMILES string of the molecule is O=C(Cc1ccc2c(c1)CCC(=O)N2)Nc1ccccc1F. The number of rotatable bonds is 3. The summed E-state index contributed by atoms with van der Waals surface area (Å²) in [6.45, 7) is 0. The monoisotopic (exact) mass is 298 g/mol. The van der Waals surface area contributed by atoms with Gasteiger partial charge in [-0.2, -0.15) is 0 Å². The molecule has 1 aliphatic rings. The van der Waals surface area contributed by atoms with Crippen LogP contribution in [0.2, 0.25) is 0 Å². The number of carbonyl (C=O) groups excluding carboxylic acids is 2. The summed E-state index contributed by atoms with van der Waals surface area (Å²) in [4.78, 5) is 23.3. The molecule has 0 radical (unpaired) electrons. The molecule has 0 spiro atoms. The van der Waals surface area contributed by atoms with Crippen molar-refractivity contribution >= 4 is 23.2 Å². The molecule has 2 N–H and O–H groups in total. The van der Waals surface area contributed by atoms with Gasteiger partial charge in [-0.3, -0.25) is 9.59 Å². The summed E-state index contributed by atoms with van der Waals surface area (Å²) in [6.07, 6.45) is 1.29. The number of anilines is 2. The summed E-state index contributed by atoms with van der Waals surface area (Å²) < 4.78 is 13.5. The number of para-hydroxylation sites is 1. The van der Waals surface area contributed by atoms with Crippen LogP contribution in [0.5, 0.6) is 0 Å². The summed E-state index contributed by atoms with van der Waals surface area (Å²) in [5.74, 6) is -0.716. The van der Waals surface area contributed by atoms with Crippen molar-refractivity contribution in [3.63, 3.8) is 0 Å². The average molecular weight is 298 g/mol. The van der Waals surface area contributed by atoms with Crippen molar-refractivity contribution < 1.29 is 14.0 Å². The van der Waals surface area contributed by atoms with Gasteiger partial charge in [0.1, 0.15) is 5.82 Å². The van der Waals surface area contributed by atoms with Crippen LogP contribution < -0.4 is 10.6 Å². The highest BCUT2D eigenvalue weighted by atomic mass is 19.1. The van der Waals surface area contributed by atoms with Crippen molar-refractivity contribution in [3.8, 4) is 0 Å². The van der Waals surface area contributed by atoms with E-state index in [1.165, 1.54) is 12.1 Å². The molecule has 0 aliphatic carbocycles. The second-order valence-corrected chi connectivity index (χ2v) is 5.24. The molecular formula is C17H15FN2O2. The van der Waals surface area contributed by atoms with E-state index < -0.39 is 5.82 Å². The number of fused-ring (bicyclic) bond motifs is 1. The van der Waals surface area contributed by atoms with Crippen molar-refractivity contribution in [1.82, 2.24) is 0 Å². The zero-order valence-corrected chi connectivity index (χ0v) is 11.9. The topological polar surface area (TPSA) is 58.2 Å². The Bertz CT molecular complexity index is 743. The molecule has 0 atom stereocenters. The third-order valence-electron chi connectivity index (χ3n) is 3.58. The van der Waals surface area contributed by atoms with Gasteiger partial charge in [-0.25, -0.2) is 4.39 Å². The fourth-order valence-corrected chi connectivity index (χ4v) is 2.49. The van der Waals surface area contributed by atoms with Crippen LogP contribution in [-0.4, -0.2) is 11.8 Å². The summed E-state index contributed by atoms with van der Waals surface area (Å²) in [5, 5.41) is 5.36. The number of amides is 2. The Balaban J connectivity index is 1.70. The summed E-state index contributed by atoms with van der Waals surface area (Å²) in [7, 11) is 0. The lowest BCUT2D eigenvalue weighted by Gasteiger charge is -2.17. The highest BCUT2D eigenvalue weighted by Crippen LogP contribution is 2.24. The van der Waals surface area contributed by atoms with Gasteiger partial charge in [0.2, 0.25) is 11.8 Å². The molecule has 1 aliphatic heterocycles. The lowest BCUT2D eigenvalue weighted by Crippen LogP contribution is -2.20. The fraction of sp³-hybridized carbons (Fsp3) is 0.176. The van der Waals surface area contributed by atoms with Gasteiger partial charge in [0.25, 0.3) is 0 Å². The number of hydrogen-bond donors (Lipinski definition) is 2. The van der Waals surface area contributed by atoms with Crippen molar-refractivity contribution in [2.24, 2.45) is 0 Å². The van der Waals surface area contributed by atoms with Crippen LogP contribution in [-0.2, 0) is 22.4 Å². The Labute approximate surface area is 127 Å². The Kier molecular flexibility index (Phi) is 3.87. The molecule has 5 heteroatoms. The number of halogens is 1. The molecule has 0 bridgehead atoms. The quantitative estimate of drug-likeness (QED) is 0.915. The molecule has 0 saturated carbocycles. The van der Waals surface area contributed by atoms with Gasteiger partial charge >= 0.3 is 0 Å². The highest BCUT2D eigenvalue weighted by molar-refractivity contribution is 5.95. The molecule has 2 aromatic rings. The molecular weight excluding hydrogens is 283 g/mol. The molecule has 0 aromatic heterocycles. The Hall–Kier alpha value is -2.69. The van der Waals surface area contributed by atoms with E-state index in [4.69, 9.17) is 0 Å². The molecule has 3 rings (SSSR count). The van der Waals surface area contributed by atoms with Gasteiger partial charge in [-0.05, 0) is 35.7 Å². The molecule has 2 aromatic carbocycles. The number of carbonyl (C=O) groups is 2. The zero-order valence-electron chi connectivity index (χ0n) is 11.9. The molecule has 0 unspecified atom stereocenters. The van der Waals surface area contributed by atoms with Gasteiger partial charge in [0.05, 0.1) is 12.1 Å². The van der Waals surface area contributed by atoms with Crippen LogP contribution in [0.4, 0.5) is 15.8 Å². The average Bonchev–Trinajstić information content (AvgIpc) is 2.50. The minimum Gasteiger partial charge on any atom is -0.326 e. The van der Waals surface area contributed by atoms with E-state index in [9.17, 15) is 14.0 Å². The first-order valence-electron chi connectivity index (χ1n) is 7.08. The van der Waals surface area contributed by atoms with Crippen LogP contribution in [0.15, 0.2) is 42.5 Å². The largest absolute Gasteiger partial charge is 0.326 e. The Morgan fingerprint density at radius 1 is 1.18 bits per heavy atom. The maximum absolute atomic E-state index is 13.5. The number of hydrogen-bond acceptors (Lipinski definition) is 2. The van der Waals surface area contributed by atoms with Crippen LogP contribution >= 0.6 is 0 Å². The van der Waals surface area contributed by atoms with Crippen LogP contribution in [0.3, 0.4) is 0 Å². The first-order valence-corrected chi connectivity index (χ1v) is 7.08. The number of benzene rings is 2. The lowest BCUT2D eigenvalue weighted by atomic mass is 9.99. The predicted molar refractivity (Wildman–Crippen MR) is 82.1 cm³/mol. The smallest absolute Gasteiger partial charge is 0.228 e. The first kappa shape index (κ1) is 14.3. The Morgan fingerprint density at radius 3 is 2.82 bits per heavy atom. The highest BCUT2D eigenvalue weighted by Gasteiger charge is 2.15. The molecule has 22 heavy (non-hydrogen) atoms. The van der Waals surface area contributed by atoms with Crippen molar-refractivity contribution in [3.05, 3.63) is 59.4 Å². The normalized spacial score (nSPS) is 13.2. The van der Waals surface area contributed by atoms with Crippen molar-refractivity contribution in [1.29, 1.82) is 0 Å². The molecule has 0 fully saturated rings. The summed E-state index contributed by atoms with van der Waals surface area (Å²) in [6, 6.07) is 11.6. The van der Waals surface area contributed by atoms with Crippen LogP contribution in [0, 0.1) is 5.82 Å². The predicted octanol–water partition coefficient (Wildman–Crippen LogP) is 2.89. The van der Waals surface area contributed by atoms with Gasteiger partial charge < -0.3 is 10.6 Å². The van der Waals surface area contributed by atoms with E-state index in [1.807, 2.05) is 6.07 Å². The van der Waals surface area contributed by atoms with E-state index >= 15 is 0 Å². The standard InChI is InChI=1S/C17H15FN2O2/c18-13-3-1-2-4-15(13)20-17(22)10-11-5-7-14-12(9-11)6-8-16(21)19-14/h1-5,7,9H,6,8,10H2,(H,19,21)(H,20,22). The van der Waals surface area contributed by atoms with Gasteiger partial charge in [0.15, 0.2) is 0 Å². The van der Waals surface area contributed by atoms with Crippen molar-refractivity contribution in [2.45, 2.75) is 19.3 Å². The van der Waals surface area contributed by atoms with Crippen LogP contribution in [0.1, 0.15) is 17.5 Å². The lowest BCUT2D eigenvalue weighted by molar-refractivity contribution is -0.117. The van der Waals surface area contributed by atoms with Gasteiger partial charge in [-0.15, -0.1) is 0 Å². The van der Waals surface area contributed by atoms with E-state index in [0.717, 1.165) is 16.8 Å². The maximum atomic E-state index is 13.5. The van der Waals surface area contributed by atoms with Gasteiger partial charge in [0, 0.05) is 12.1 Å². The minimum atomic E-state index is -0.455. The number of aryl methyl sites for hydroxylation is 1. The fourth-order valence-electron chi connectivity index (χ4n) is 2.49.